The van der Waals surface area contributed by atoms with Crippen LogP contribution >= 0.6 is 15.9 Å². The van der Waals surface area contributed by atoms with E-state index in [0.29, 0.717) is 0 Å². The molecular weight excluding hydrogens is 324 g/mol. The third-order valence-corrected chi connectivity index (χ3v) is 3.74. The minimum Gasteiger partial charge on any atom is -0.480 e. The average molecular weight is 341 g/mol. The van der Waals surface area contributed by atoms with Gasteiger partial charge in [0, 0.05) is 16.2 Å². The molecule has 0 heterocycles. The number of hydrogen-bond donors (Lipinski definition) is 2. The molecule has 1 aromatic rings. The summed E-state index contributed by atoms with van der Waals surface area (Å²) in [5.41, 5.74) is 2.63. The number of nitrogens with zero attached hydrogens (tertiary/aromatic N) is 1. The average Bonchev–Trinajstić information content (AvgIpc) is 3.14. The maximum absolute atomic E-state index is 12.3. The number of aryl methyl sites for hydroxylation is 2. The van der Waals surface area contributed by atoms with Crippen molar-refractivity contribution in [1.29, 1.82) is 0 Å². The van der Waals surface area contributed by atoms with E-state index in [1.165, 1.54) is 4.90 Å². The Labute approximate surface area is 126 Å². The number of urea groups is 1. The summed E-state index contributed by atoms with van der Waals surface area (Å²) >= 11 is 3.41. The monoisotopic (exact) mass is 340 g/mol. The van der Waals surface area contributed by atoms with Crippen LogP contribution in [0, 0.1) is 13.8 Å². The number of hydrogen-bond acceptors (Lipinski definition) is 2. The number of anilines is 1. The number of carbonyl (C=O) groups is 2. The van der Waals surface area contributed by atoms with E-state index in [1.807, 2.05) is 26.0 Å². The minimum absolute atomic E-state index is 0.0576. The highest BCUT2D eigenvalue weighted by Gasteiger charge is 2.34. The van der Waals surface area contributed by atoms with Crippen LogP contribution in [0.5, 0.6) is 0 Å². The molecule has 1 aromatic carbocycles. The quantitative estimate of drug-likeness (QED) is 0.884. The van der Waals surface area contributed by atoms with Gasteiger partial charge in [0.25, 0.3) is 0 Å². The van der Waals surface area contributed by atoms with Gasteiger partial charge in [-0.15, -0.1) is 0 Å². The van der Waals surface area contributed by atoms with Crippen LogP contribution in [-0.2, 0) is 4.79 Å². The van der Waals surface area contributed by atoms with Crippen LogP contribution in [0.4, 0.5) is 10.5 Å². The lowest BCUT2D eigenvalue weighted by Gasteiger charge is -2.22. The van der Waals surface area contributed by atoms with Crippen molar-refractivity contribution >= 4 is 33.6 Å². The van der Waals surface area contributed by atoms with Crippen LogP contribution in [0.3, 0.4) is 0 Å². The fraction of sp³-hybridized carbons (Fsp3) is 0.429. The molecule has 0 unspecified atom stereocenters. The van der Waals surface area contributed by atoms with E-state index < -0.39 is 5.97 Å². The number of carbonyl (C=O) groups excluding carboxylic acids is 1. The molecule has 2 N–H and O–H groups in total. The molecule has 0 aromatic heterocycles. The molecule has 0 radical (unpaired) electrons. The summed E-state index contributed by atoms with van der Waals surface area (Å²) in [6.45, 7) is 3.56. The van der Waals surface area contributed by atoms with Crippen LogP contribution < -0.4 is 5.32 Å². The van der Waals surface area contributed by atoms with Crippen LogP contribution in [0.2, 0.25) is 0 Å². The largest absolute Gasteiger partial charge is 0.480 e. The van der Waals surface area contributed by atoms with Crippen LogP contribution in [0.15, 0.2) is 16.6 Å². The van der Waals surface area contributed by atoms with E-state index in [-0.39, 0.29) is 18.6 Å². The van der Waals surface area contributed by atoms with Gasteiger partial charge < -0.3 is 15.3 Å². The normalized spacial score (nSPS) is 13.9. The van der Waals surface area contributed by atoms with Gasteiger partial charge in [0.1, 0.15) is 6.54 Å². The number of carboxylic acid groups (broad SMARTS) is 1. The number of carboxylic acids is 1. The van der Waals surface area contributed by atoms with Crippen LogP contribution in [0.1, 0.15) is 24.0 Å². The Morgan fingerprint density at radius 3 is 2.35 bits per heavy atom. The van der Waals surface area contributed by atoms with Crippen molar-refractivity contribution in [3.63, 3.8) is 0 Å². The third kappa shape index (κ3) is 3.50. The fourth-order valence-corrected chi connectivity index (χ4v) is 2.87. The summed E-state index contributed by atoms with van der Waals surface area (Å²) < 4.78 is 0.954. The Hall–Kier alpha value is -1.56. The molecular formula is C14H17BrN2O3. The Balaban J connectivity index is 2.16. The molecule has 1 aliphatic rings. The van der Waals surface area contributed by atoms with Crippen molar-refractivity contribution in [3.05, 3.63) is 27.7 Å². The van der Waals surface area contributed by atoms with Crippen molar-refractivity contribution in [2.45, 2.75) is 32.7 Å². The summed E-state index contributed by atoms with van der Waals surface area (Å²) in [7, 11) is 0. The van der Waals surface area contributed by atoms with E-state index in [2.05, 4.69) is 21.2 Å². The van der Waals surface area contributed by atoms with E-state index in [0.717, 1.165) is 34.1 Å². The molecule has 6 heteroatoms. The van der Waals surface area contributed by atoms with Gasteiger partial charge in [-0.25, -0.2) is 4.79 Å². The molecule has 2 rings (SSSR count). The number of benzene rings is 1. The first-order valence-electron chi connectivity index (χ1n) is 6.44. The molecule has 1 saturated carbocycles. The standard InChI is InChI=1S/C14H17BrN2O3/c1-8-5-10(15)6-9(2)13(8)16-14(20)17(7-12(18)19)11-3-4-11/h5-6,11H,3-4,7H2,1-2H3,(H,16,20)(H,18,19). The summed E-state index contributed by atoms with van der Waals surface area (Å²) in [6, 6.07) is 3.55. The van der Waals surface area contributed by atoms with Gasteiger partial charge in [-0.05, 0) is 49.9 Å². The van der Waals surface area contributed by atoms with Gasteiger partial charge in [0.2, 0.25) is 0 Å². The molecule has 0 aliphatic heterocycles. The predicted molar refractivity (Wildman–Crippen MR) is 80.0 cm³/mol. The molecule has 20 heavy (non-hydrogen) atoms. The lowest BCUT2D eigenvalue weighted by atomic mass is 10.1. The molecule has 108 valence electrons. The van der Waals surface area contributed by atoms with E-state index in [9.17, 15) is 9.59 Å². The zero-order valence-corrected chi connectivity index (χ0v) is 13.0. The summed E-state index contributed by atoms with van der Waals surface area (Å²) in [5, 5.41) is 11.7. The summed E-state index contributed by atoms with van der Waals surface area (Å²) in [5.74, 6) is -0.990. The first kappa shape index (κ1) is 14.8. The minimum atomic E-state index is -0.990. The molecule has 0 bridgehead atoms. The van der Waals surface area contributed by atoms with Gasteiger partial charge in [-0.3, -0.25) is 4.79 Å². The third-order valence-electron chi connectivity index (χ3n) is 3.28. The molecule has 0 spiro atoms. The maximum atomic E-state index is 12.3. The predicted octanol–water partition coefficient (Wildman–Crippen LogP) is 3.15. The lowest BCUT2D eigenvalue weighted by Crippen LogP contribution is -2.40. The molecule has 1 fully saturated rings. The van der Waals surface area contributed by atoms with Crippen molar-refractivity contribution in [2.24, 2.45) is 0 Å². The molecule has 0 saturated heterocycles. The van der Waals surface area contributed by atoms with Crippen molar-refractivity contribution in [3.8, 4) is 0 Å². The number of halogens is 1. The van der Waals surface area contributed by atoms with Gasteiger partial charge in [0.15, 0.2) is 0 Å². The SMILES string of the molecule is Cc1cc(Br)cc(C)c1NC(=O)N(CC(=O)O)C1CC1. The Bertz CT molecular complexity index is 532. The number of rotatable bonds is 4. The van der Waals surface area contributed by atoms with Crippen molar-refractivity contribution < 1.29 is 14.7 Å². The van der Waals surface area contributed by atoms with E-state index in [1.54, 1.807) is 0 Å². The van der Waals surface area contributed by atoms with Gasteiger partial charge >= 0.3 is 12.0 Å². The Kier molecular flexibility index (Phi) is 4.32. The fourth-order valence-electron chi connectivity index (χ4n) is 2.19. The van der Waals surface area contributed by atoms with Crippen LogP contribution in [0.25, 0.3) is 0 Å². The van der Waals surface area contributed by atoms with Crippen molar-refractivity contribution in [2.75, 3.05) is 11.9 Å². The zero-order chi connectivity index (χ0) is 14.9. The first-order valence-corrected chi connectivity index (χ1v) is 7.24. The van der Waals surface area contributed by atoms with Gasteiger partial charge in [-0.2, -0.15) is 0 Å². The molecule has 0 atom stereocenters. The topological polar surface area (TPSA) is 69.6 Å². The first-order chi connectivity index (χ1) is 9.38. The Morgan fingerprint density at radius 2 is 1.90 bits per heavy atom. The molecule has 1 aliphatic carbocycles. The highest BCUT2D eigenvalue weighted by molar-refractivity contribution is 9.10. The smallest absolute Gasteiger partial charge is 0.323 e. The highest BCUT2D eigenvalue weighted by atomic mass is 79.9. The van der Waals surface area contributed by atoms with Gasteiger partial charge in [0.05, 0.1) is 0 Å². The second-order valence-electron chi connectivity index (χ2n) is 5.10. The van der Waals surface area contributed by atoms with E-state index in [4.69, 9.17) is 5.11 Å². The highest BCUT2D eigenvalue weighted by Crippen LogP contribution is 2.29. The van der Waals surface area contributed by atoms with Crippen molar-refractivity contribution in [1.82, 2.24) is 4.90 Å². The molecule has 5 nitrogen and oxygen atoms in total. The van der Waals surface area contributed by atoms with Crippen LogP contribution in [-0.4, -0.2) is 34.6 Å². The van der Waals surface area contributed by atoms with E-state index >= 15 is 0 Å². The number of nitrogens with one attached hydrogen (secondary N) is 1. The second-order valence-corrected chi connectivity index (χ2v) is 6.01. The lowest BCUT2D eigenvalue weighted by molar-refractivity contribution is -0.137. The Morgan fingerprint density at radius 1 is 1.35 bits per heavy atom. The zero-order valence-electron chi connectivity index (χ0n) is 11.4. The molecule has 2 amide bonds. The number of aliphatic carboxylic acids is 1. The van der Waals surface area contributed by atoms with Gasteiger partial charge in [-0.1, -0.05) is 15.9 Å². The number of amides is 2. The summed E-state index contributed by atoms with van der Waals surface area (Å²) in [6.07, 6.45) is 1.75. The maximum Gasteiger partial charge on any atom is 0.323 e. The summed E-state index contributed by atoms with van der Waals surface area (Å²) in [4.78, 5) is 24.5. The second kappa shape index (κ2) is 5.83.